The van der Waals surface area contributed by atoms with E-state index < -0.39 is 9.84 Å². The molecule has 1 aliphatic rings. The van der Waals surface area contributed by atoms with E-state index in [-0.39, 0.29) is 23.5 Å². The predicted octanol–water partition coefficient (Wildman–Crippen LogP) is 4.01. The highest BCUT2D eigenvalue weighted by molar-refractivity contribution is 7.91. The molecule has 8 heteroatoms. The van der Waals surface area contributed by atoms with Crippen LogP contribution in [0.2, 0.25) is 0 Å². The molecule has 0 spiro atoms. The molecule has 1 aliphatic heterocycles. The number of hydrogen-bond donors (Lipinski definition) is 0. The van der Waals surface area contributed by atoms with Crippen LogP contribution in [0.5, 0.6) is 0 Å². The topological polar surface area (TPSA) is 70.6 Å². The Labute approximate surface area is 193 Å². The van der Waals surface area contributed by atoms with Crippen molar-refractivity contribution in [2.24, 2.45) is 0 Å². The third kappa shape index (κ3) is 4.86. The fourth-order valence-electron chi connectivity index (χ4n) is 3.98. The van der Waals surface area contributed by atoms with Gasteiger partial charge in [-0.2, -0.15) is 0 Å². The molecule has 2 aromatic carbocycles. The molecule has 1 fully saturated rings. The summed E-state index contributed by atoms with van der Waals surface area (Å²) < 4.78 is 24.4. The van der Waals surface area contributed by atoms with Gasteiger partial charge in [-0.3, -0.25) is 4.79 Å². The molecule has 1 aromatic heterocycles. The highest BCUT2D eigenvalue weighted by atomic mass is 32.2. The number of nitrogens with zero attached hydrogens (tertiary/aromatic N) is 3. The second-order valence-corrected chi connectivity index (χ2v) is 11.8. The maximum atomic E-state index is 13.8. The Kier molecular flexibility index (Phi) is 6.35. The lowest BCUT2D eigenvalue weighted by Gasteiger charge is -2.28. The summed E-state index contributed by atoms with van der Waals surface area (Å²) in [5.74, 6) is -0.104. The van der Waals surface area contributed by atoms with Crippen molar-refractivity contribution in [3.8, 4) is 10.4 Å². The zero-order valence-corrected chi connectivity index (χ0v) is 20.1. The summed E-state index contributed by atoms with van der Waals surface area (Å²) in [5, 5.41) is 0.807. The molecule has 0 radical (unpaired) electrons. The van der Waals surface area contributed by atoms with Crippen molar-refractivity contribution in [3.05, 3.63) is 70.9 Å². The zero-order valence-electron chi connectivity index (χ0n) is 18.5. The molecule has 168 valence electrons. The predicted molar refractivity (Wildman–Crippen MR) is 130 cm³/mol. The van der Waals surface area contributed by atoms with Crippen LogP contribution in [0.25, 0.3) is 10.4 Å². The molecule has 3 aromatic rings. The summed E-state index contributed by atoms with van der Waals surface area (Å²) in [6.07, 6.45) is 0.452. The van der Waals surface area contributed by atoms with Gasteiger partial charge >= 0.3 is 0 Å². The van der Waals surface area contributed by atoms with Gasteiger partial charge < -0.3 is 9.80 Å². The average Bonchev–Trinajstić information content (AvgIpc) is 3.34. The Morgan fingerprint density at radius 1 is 1.09 bits per heavy atom. The Morgan fingerprint density at radius 3 is 2.38 bits per heavy atom. The van der Waals surface area contributed by atoms with Crippen molar-refractivity contribution in [2.75, 3.05) is 30.5 Å². The number of aromatic nitrogens is 1. The lowest BCUT2D eigenvalue weighted by molar-refractivity contribution is 0.0676. The van der Waals surface area contributed by atoms with Gasteiger partial charge in [-0.25, -0.2) is 13.4 Å². The number of rotatable bonds is 6. The monoisotopic (exact) mass is 469 g/mol. The van der Waals surface area contributed by atoms with E-state index in [1.807, 2.05) is 80.5 Å². The number of aryl methyl sites for hydroxylation is 1. The Balaban J connectivity index is 1.70. The van der Waals surface area contributed by atoms with Crippen LogP contribution < -0.4 is 4.90 Å². The summed E-state index contributed by atoms with van der Waals surface area (Å²) in [6, 6.07) is 17.4. The SMILES string of the molecule is Cc1nc(C(=O)N(Cc2ccc(N(C)C)cc2)C2CCS(=O)(=O)C2)c(-c2ccccc2)s1. The van der Waals surface area contributed by atoms with E-state index in [0.29, 0.717) is 18.7 Å². The summed E-state index contributed by atoms with van der Waals surface area (Å²) >= 11 is 1.48. The fourth-order valence-corrected chi connectivity index (χ4v) is 6.62. The summed E-state index contributed by atoms with van der Waals surface area (Å²) in [7, 11) is 0.810. The molecule has 2 heterocycles. The first-order chi connectivity index (χ1) is 15.2. The van der Waals surface area contributed by atoms with Gasteiger partial charge in [-0.05, 0) is 36.6 Å². The second kappa shape index (κ2) is 9.03. The van der Waals surface area contributed by atoms with Crippen LogP contribution in [0.15, 0.2) is 54.6 Å². The van der Waals surface area contributed by atoms with Crippen LogP contribution in [0.3, 0.4) is 0 Å². The van der Waals surface area contributed by atoms with E-state index in [2.05, 4.69) is 4.98 Å². The summed E-state index contributed by atoms with van der Waals surface area (Å²) in [6.45, 7) is 2.23. The minimum atomic E-state index is -3.14. The van der Waals surface area contributed by atoms with Gasteiger partial charge in [-0.1, -0.05) is 42.5 Å². The van der Waals surface area contributed by atoms with Crippen LogP contribution in [0, 0.1) is 6.92 Å². The first kappa shape index (κ1) is 22.5. The Bertz CT molecular complexity index is 1200. The molecule has 1 saturated heterocycles. The van der Waals surface area contributed by atoms with E-state index in [4.69, 9.17) is 0 Å². The van der Waals surface area contributed by atoms with Crippen LogP contribution in [-0.2, 0) is 16.4 Å². The number of anilines is 1. The van der Waals surface area contributed by atoms with Gasteiger partial charge in [0.05, 0.1) is 21.4 Å². The fraction of sp³-hybridized carbons (Fsp3) is 0.333. The largest absolute Gasteiger partial charge is 0.378 e. The maximum Gasteiger partial charge on any atom is 0.274 e. The van der Waals surface area contributed by atoms with Crippen molar-refractivity contribution in [2.45, 2.75) is 25.9 Å². The number of thiazole rings is 1. The molecule has 0 bridgehead atoms. The molecule has 4 rings (SSSR count). The lowest BCUT2D eigenvalue weighted by atomic mass is 10.1. The van der Waals surface area contributed by atoms with Crippen LogP contribution in [-0.4, -0.2) is 55.9 Å². The van der Waals surface area contributed by atoms with Gasteiger partial charge in [0, 0.05) is 32.4 Å². The lowest BCUT2D eigenvalue weighted by Crippen LogP contribution is -2.41. The highest BCUT2D eigenvalue weighted by Gasteiger charge is 2.36. The summed E-state index contributed by atoms with van der Waals surface area (Å²) in [4.78, 5) is 22.9. The zero-order chi connectivity index (χ0) is 22.9. The van der Waals surface area contributed by atoms with Crippen molar-refractivity contribution in [1.82, 2.24) is 9.88 Å². The van der Waals surface area contributed by atoms with Gasteiger partial charge in [0.25, 0.3) is 5.91 Å². The molecule has 0 N–H and O–H groups in total. The molecule has 0 aliphatic carbocycles. The number of carbonyl (C=O) groups is 1. The number of hydrogen-bond acceptors (Lipinski definition) is 6. The maximum absolute atomic E-state index is 13.8. The van der Waals surface area contributed by atoms with E-state index >= 15 is 0 Å². The minimum absolute atomic E-state index is 0.00168. The van der Waals surface area contributed by atoms with Crippen LogP contribution in [0.4, 0.5) is 5.69 Å². The molecule has 0 saturated carbocycles. The normalized spacial score (nSPS) is 17.3. The quantitative estimate of drug-likeness (QED) is 0.545. The van der Waals surface area contributed by atoms with Gasteiger partial charge in [-0.15, -0.1) is 11.3 Å². The van der Waals surface area contributed by atoms with E-state index in [1.165, 1.54) is 11.3 Å². The first-order valence-electron chi connectivity index (χ1n) is 10.5. The second-order valence-electron chi connectivity index (χ2n) is 8.33. The Morgan fingerprint density at radius 2 is 1.78 bits per heavy atom. The third-order valence-electron chi connectivity index (χ3n) is 5.69. The van der Waals surface area contributed by atoms with Gasteiger partial charge in [0.1, 0.15) is 5.69 Å². The number of benzene rings is 2. The first-order valence-corrected chi connectivity index (χ1v) is 13.2. The Hall–Kier alpha value is -2.71. The molecule has 1 amide bonds. The van der Waals surface area contributed by atoms with Gasteiger partial charge in [0.2, 0.25) is 0 Å². The number of sulfone groups is 1. The van der Waals surface area contributed by atoms with E-state index in [9.17, 15) is 13.2 Å². The average molecular weight is 470 g/mol. The smallest absolute Gasteiger partial charge is 0.274 e. The molecular weight excluding hydrogens is 442 g/mol. The van der Waals surface area contributed by atoms with Crippen LogP contribution >= 0.6 is 11.3 Å². The minimum Gasteiger partial charge on any atom is -0.378 e. The molecule has 1 unspecified atom stereocenters. The summed E-state index contributed by atoms with van der Waals surface area (Å²) in [5.41, 5.74) is 3.36. The molecule has 6 nitrogen and oxygen atoms in total. The third-order valence-corrected chi connectivity index (χ3v) is 8.46. The van der Waals surface area contributed by atoms with E-state index in [0.717, 1.165) is 26.7 Å². The standard InChI is InChI=1S/C24H27N3O3S2/c1-17-25-22(23(31-17)19-7-5-4-6-8-19)24(28)27(21-13-14-32(29,30)16-21)15-18-9-11-20(12-10-18)26(2)3/h4-12,21H,13-16H2,1-3H3. The molecular formula is C24H27N3O3S2. The van der Waals surface area contributed by atoms with Crippen molar-refractivity contribution in [1.29, 1.82) is 0 Å². The highest BCUT2D eigenvalue weighted by Crippen LogP contribution is 2.32. The van der Waals surface area contributed by atoms with E-state index in [1.54, 1.807) is 4.90 Å². The number of carbonyl (C=O) groups excluding carboxylic acids is 1. The molecule has 32 heavy (non-hydrogen) atoms. The molecule has 1 atom stereocenters. The van der Waals surface area contributed by atoms with Crippen molar-refractivity contribution in [3.63, 3.8) is 0 Å². The van der Waals surface area contributed by atoms with Crippen molar-refractivity contribution < 1.29 is 13.2 Å². The van der Waals surface area contributed by atoms with Crippen LogP contribution in [0.1, 0.15) is 27.5 Å². The van der Waals surface area contributed by atoms with Gasteiger partial charge in [0.15, 0.2) is 9.84 Å². The van der Waals surface area contributed by atoms with Crippen molar-refractivity contribution >= 4 is 32.8 Å². The number of amides is 1.